The normalized spacial score (nSPS) is 13.3. The lowest BCUT2D eigenvalue weighted by Crippen LogP contribution is -2.31. The van der Waals surface area contributed by atoms with Gasteiger partial charge in [0.25, 0.3) is 12.6 Å². The van der Waals surface area contributed by atoms with Crippen LogP contribution in [0.4, 0.5) is 19.2 Å². The molecule has 6 atom stereocenters. The van der Waals surface area contributed by atoms with Gasteiger partial charge in [-0.15, -0.1) is 9.78 Å². The van der Waals surface area contributed by atoms with E-state index in [0.29, 0.717) is 38.5 Å². The van der Waals surface area contributed by atoms with Gasteiger partial charge < -0.3 is 56.8 Å². The van der Waals surface area contributed by atoms with E-state index in [1.807, 2.05) is 0 Å². The van der Waals surface area contributed by atoms with Gasteiger partial charge in [-0.1, -0.05) is 285 Å². The molecule has 0 aliphatic carbocycles. The molecule has 0 saturated carbocycles. The van der Waals surface area contributed by atoms with E-state index in [1.165, 1.54) is 117 Å². The standard InChI is InChI=1S/C81H146O34P2/c1-9-15-19-23-27-31-35-39-43-47-51-55-72(84)96-59-70(108-74(86)57-53-49-45-41-37-33-29-25-21-17-11-3)61-102-116(92,104-63-76(112-114-80(90)94-13-5)110-78(88)100-65-98-68(7)82)106-67-107-117(93,105-64-77(113-115-81(91)95-14-6)111-79(89)101-66-99-69(8)83)103-62-71(109-75(87)58-54-50-46-42-38-34-30-26-22-18-12-4)60-97-73(85)56-52-48-44-40-36-32-28-24-20-16-10-2/h70-71,76-77H,9-67H2,1-8H3/t70-,71-,76?,77?,116?,117?/m1/s1. The highest BCUT2D eigenvalue weighted by Gasteiger charge is 2.38. The zero-order chi connectivity index (χ0) is 86.4. The van der Waals surface area contributed by atoms with Crippen molar-refractivity contribution in [2.45, 2.75) is 388 Å². The fourth-order valence-electron chi connectivity index (χ4n) is 11.2. The second-order valence-electron chi connectivity index (χ2n) is 28.3. The second-order valence-corrected chi connectivity index (χ2v) is 31.6. The Labute approximate surface area is 695 Å². The molecule has 0 aromatic heterocycles. The van der Waals surface area contributed by atoms with Crippen molar-refractivity contribution in [2.24, 2.45) is 0 Å². The summed E-state index contributed by atoms with van der Waals surface area (Å²) < 4.78 is 125. The zero-order valence-corrected chi connectivity index (χ0v) is 73.6. The van der Waals surface area contributed by atoms with E-state index in [-0.39, 0.29) is 38.9 Å². The van der Waals surface area contributed by atoms with E-state index in [4.69, 9.17) is 84.3 Å². The van der Waals surface area contributed by atoms with E-state index in [9.17, 15) is 47.9 Å². The van der Waals surface area contributed by atoms with Crippen molar-refractivity contribution in [3.05, 3.63) is 0 Å². The van der Waals surface area contributed by atoms with Crippen LogP contribution in [0.25, 0.3) is 0 Å². The summed E-state index contributed by atoms with van der Waals surface area (Å²) in [5.74, 6) is -4.62. The summed E-state index contributed by atoms with van der Waals surface area (Å²) in [6.07, 6.45) is 30.1. The van der Waals surface area contributed by atoms with Crippen molar-refractivity contribution in [3.8, 4) is 0 Å². The molecular weight excluding hydrogens is 1580 g/mol. The molecule has 0 N–H and O–H groups in total. The Morgan fingerprint density at radius 3 is 0.744 bits per heavy atom. The zero-order valence-electron chi connectivity index (χ0n) is 71.8. The summed E-state index contributed by atoms with van der Waals surface area (Å²) in [7, 11) is -11.1. The third-order valence-corrected chi connectivity index (χ3v) is 20.4. The fourth-order valence-corrected chi connectivity index (χ4v) is 13.4. The van der Waals surface area contributed by atoms with Gasteiger partial charge in [-0.05, 0) is 39.5 Å². The van der Waals surface area contributed by atoms with Gasteiger partial charge in [0.2, 0.25) is 13.6 Å². The maximum Gasteiger partial charge on any atom is 0.540 e. The van der Waals surface area contributed by atoms with Crippen LogP contribution in [0.5, 0.6) is 0 Å². The number of hydrogen-bond acceptors (Lipinski definition) is 34. The largest absolute Gasteiger partial charge is 0.540 e. The summed E-state index contributed by atoms with van der Waals surface area (Å²) in [5.41, 5.74) is 0. The molecule has 0 saturated heterocycles. The van der Waals surface area contributed by atoms with Crippen LogP contribution in [0, 0.1) is 0 Å². The number of ether oxygens (including phenoxy) is 12. The number of hydrogen-bond donors (Lipinski definition) is 0. The van der Waals surface area contributed by atoms with E-state index in [1.54, 1.807) is 0 Å². The smallest absolute Gasteiger partial charge is 0.462 e. The molecule has 0 heterocycles. The third-order valence-electron chi connectivity index (χ3n) is 17.7. The van der Waals surface area contributed by atoms with Gasteiger partial charge in [-0.2, -0.15) is 0 Å². The molecule has 0 amide bonds. The van der Waals surface area contributed by atoms with Crippen molar-refractivity contribution in [3.63, 3.8) is 0 Å². The minimum atomic E-state index is -5.55. The van der Waals surface area contributed by atoms with Crippen LogP contribution in [0.2, 0.25) is 0 Å². The van der Waals surface area contributed by atoms with E-state index in [0.717, 1.165) is 155 Å². The summed E-state index contributed by atoms with van der Waals surface area (Å²) >= 11 is 0. The minimum absolute atomic E-state index is 0.00701. The molecule has 117 heavy (non-hydrogen) atoms. The first kappa shape index (κ1) is 111. The lowest BCUT2D eigenvalue weighted by Gasteiger charge is -2.25. The van der Waals surface area contributed by atoms with Crippen LogP contribution >= 0.6 is 15.6 Å². The lowest BCUT2D eigenvalue weighted by molar-refractivity contribution is -0.342. The van der Waals surface area contributed by atoms with Crippen LogP contribution in [0.1, 0.15) is 364 Å². The maximum atomic E-state index is 15.2. The second kappa shape index (κ2) is 78.6. The molecule has 4 unspecified atom stereocenters. The van der Waals surface area contributed by atoms with Crippen LogP contribution in [-0.2, 0) is 141 Å². The molecule has 0 aromatic rings. The first-order valence-electron chi connectivity index (χ1n) is 43.3. The van der Waals surface area contributed by atoms with E-state index in [2.05, 4.69) is 46.9 Å². The Hall–Kier alpha value is -5.96. The number of carbonyl (C=O) groups excluding carboxylic acids is 10. The molecule has 34 nitrogen and oxygen atoms in total. The van der Waals surface area contributed by atoms with Gasteiger partial charge in [0.15, 0.2) is 19.0 Å². The SMILES string of the molecule is CCCCCCCCCCCCCC(=O)OC[C@H](COP(=O)(OCOP(=O)(OCC(OOC(=O)OCC)OC(=O)OCOC(C)=O)OC[C@@H](COC(=O)CCCCCCCCCCCCC)OC(=O)CCCCCCCCCCCCC)OCC(OOC(=O)OCC)OC(=O)OCOC(C)=O)OC(=O)CCCCCCCCCCCCC. The quantitative estimate of drug-likeness (QED) is 0.0104. The number of carbonyl (C=O) groups is 10. The number of esters is 6. The van der Waals surface area contributed by atoms with Gasteiger partial charge in [0, 0.05) is 39.5 Å². The van der Waals surface area contributed by atoms with Gasteiger partial charge in [0.1, 0.15) is 26.4 Å². The van der Waals surface area contributed by atoms with E-state index < -0.39 is 161 Å². The van der Waals surface area contributed by atoms with Crippen LogP contribution < -0.4 is 0 Å². The number of phosphoric acid groups is 2. The first-order valence-corrected chi connectivity index (χ1v) is 46.2. The number of rotatable bonds is 82. The first-order chi connectivity index (χ1) is 56.5. The number of unbranched alkanes of at least 4 members (excludes halogenated alkanes) is 40. The summed E-state index contributed by atoms with van der Waals surface area (Å²) in [6.45, 7) is 3.41. The molecule has 0 bridgehead atoms. The molecule has 36 heteroatoms. The van der Waals surface area contributed by atoms with Crippen molar-refractivity contribution >= 4 is 76.1 Å². The summed E-state index contributed by atoms with van der Waals surface area (Å²) in [5, 5.41) is 0. The Morgan fingerprint density at radius 2 is 0.487 bits per heavy atom. The fraction of sp³-hybridized carbons (Fsp3) is 0.877. The average Bonchev–Trinajstić information content (AvgIpc) is 0.858. The predicted octanol–water partition coefficient (Wildman–Crippen LogP) is 21.2. The highest BCUT2D eigenvalue weighted by Crippen LogP contribution is 2.54. The predicted molar refractivity (Wildman–Crippen MR) is 426 cm³/mol. The molecular formula is C81H146O34P2. The van der Waals surface area contributed by atoms with Crippen molar-refractivity contribution in [1.29, 1.82) is 0 Å². The molecule has 0 aromatic carbocycles. The van der Waals surface area contributed by atoms with Gasteiger partial charge in [-0.25, -0.2) is 28.3 Å². The Bertz CT molecular complexity index is 2460. The molecule has 0 rings (SSSR count). The summed E-state index contributed by atoms with van der Waals surface area (Å²) in [4.78, 5) is 146. The summed E-state index contributed by atoms with van der Waals surface area (Å²) in [6, 6.07) is 0. The van der Waals surface area contributed by atoms with E-state index >= 15 is 9.13 Å². The monoisotopic (exact) mass is 1720 g/mol. The van der Waals surface area contributed by atoms with Gasteiger partial charge in [0.05, 0.1) is 26.4 Å². The van der Waals surface area contributed by atoms with Gasteiger partial charge in [-0.3, -0.25) is 65.7 Å². The number of phosphoric ester groups is 2. The molecule has 0 aliphatic rings. The third kappa shape index (κ3) is 73.7. The Balaban J connectivity index is 7.68. The Kier molecular flexibility index (Phi) is 74.6. The topological polar surface area (TPSA) is 408 Å². The Morgan fingerprint density at radius 1 is 0.239 bits per heavy atom. The van der Waals surface area contributed by atoms with Crippen LogP contribution in [-0.4, -0.2) is 158 Å². The van der Waals surface area contributed by atoms with Gasteiger partial charge >= 0.3 is 76.1 Å². The highest BCUT2D eigenvalue weighted by atomic mass is 31.2. The molecule has 0 radical (unpaired) electrons. The molecule has 0 aliphatic heterocycles. The highest BCUT2D eigenvalue weighted by molar-refractivity contribution is 7.49. The van der Waals surface area contributed by atoms with Crippen molar-refractivity contribution in [2.75, 3.05) is 73.2 Å². The van der Waals surface area contributed by atoms with Crippen LogP contribution in [0.15, 0.2) is 0 Å². The molecule has 0 fully saturated rings. The van der Waals surface area contributed by atoms with Crippen molar-refractivity contribution < 1.29 is 161 Å². The average molecular weight is 1730 g/mol. The van der Waals surface area contributed by atoms with Crippen LogP contribution in [0.3, 0.4) is 0 Å². The molecule has 684 valence electrons. The lowest BCUT2D eigenvalue weighted by atomic mass is 10.1. The maximum absolute atomic E-state index is 15.2. The van der Waals surface area contributed by atoms with Crippen molar-refractivity contribution in [1.82, 2.24) is 0 Å². The molecule has 0 spiro atoms. The minimum Gasteiger partial charge on any atom is -0.462 e.